The third kappa shape index (κ3) is 6.72. The molecule has 1 unspecified atom stereocenters. The maximum atomic E-state index is 12.4. The van der Waals surface area contributed by atoms with Crippen LogP contribution in [0.2, 0.25) is 0 Å². The predicted molar refractivity (Wildman–Crippen MR) is 107 cm³/mol. The van der Waals surface area contributed by atoms with Gasteiger partial charge in [-0.2, -0.15) is 0 Å². The topological polar surface area (TPSA) is 66.5 Å². The Kier molecular flexibility index (Phi) is 7.84. The summed E-state index contributed by atoms with van der Waals surface area (Å²) in [5, 5.41) is 0. The lowest BCUT2D eigenvalue weighted by molar-refractivity contribution is -0.131. The second kappa shape index (κ2) is 9.00. The first kappa shape index (κ1) is 22.6. The molecule has 148 valence electrons. The van der Waals surface area contributed by atoms with E-state index in [0.717, 1.165) is 12.0 Å². The van der Waals surface area contributed by atoms with Crippen molar-refractivity contribution in [1.29, 1.82) is 0 Å². The van der Waals surface area contributed by atoms with E-state index in [2.05, 4.69) is 39.3 Å². The normalized spacial score (nSPS) is 13.7. The average Bonchev–Trinajstić information content (AvgIpc) is 2.52. The minimum atomic E-state index is -3.60. The number of hydrogen-bond acceptors (Lipinski definition) is 3. The van der Waals surface area contributed by atoms with E-state index in [1.807, 2.05) is 19.1 Å². The summed E-state index contributed by atoms with van der Waals surface area (Å²) in [6, 6.07) is 7.04. The molecule has 1 aromatic carbocycles. The molecule has 0 aromatic heterocycles. The molecule has 1 aromatic rings. The van der Waals surface area contributed by atoms with Crippen LogP contribution in [0.4, 0.5) is 0 Å². The lowest BCUT2D eigenvalue weighted by Gasteiger charge is -2.26. The Labute approximate surface area is 159 Å². The van der Waals surface area contributed by atoms with Crippen LogP contribution in [0.1, 0.15) is 59.9 Å². The van der Waals surface area contributed by atoms with Crippen molar-refractivity contribution in [2.45, 2.75) is 70.7 Å². The monoisotopic (exact) mass is 382 g/mol. The highest BCUT2D eigenvalue weighted by molar-refractivity contribution is 7.89. The molecular formula is C20H34N2O3S. The van der Waals surface area contributed by atoms with E-state index in [4.69, 9.17) is 0 Å². The second-order valence-electron chi connectivity index (χ2n) is 8.41. The number of sulfonamides is 1. The van der Waals surface area contributed by atoms with Gasteiger partial charge in [-0.15, -0.1) is 0 Å². The van der Waals surface area contributed by atoms with Gasteiger partial charge in [0, 0.05) is 26.1 Å². The molecular weight excluding hydrogens is 348 g/mol. The zero-order chi connectivity index (χ0) is 20.1. The molecule has 0 saturated carbocycles. The summed E-state index contributed by atoms with van der Waals surface area (Å²) < 4.78 is 27.3. The summed E-state index contributed by atoms with van der Waals surface area (Å²) in [6.45, 7) is 12.6. The lowest BCUT2D eigenvalue weighted by atomic mass is 9.87. The summed E-state index contributed by atoms with van der Waals surface area (Å²) >= 11 is 0. The van der Waals surface area contributed by atoms with Gasteiger partial charge in [0.25, 0.3) is 0 Å². The summed E-state index contributed by atoms with van der Waals surface area (Å²) in [6.07, 6.45) is 1.08. The third-order valence-electron chi connectivity index (χ3n) is 4.53. The molecule has 0 saturated heterocycles. The minimum absolute atomic E-state index is 0.0284. The molecule has 0 aliphatic carbocycles. The van der Waals surface area contributed by atoms with Crippen molar-refractivity contribution in [2.75, 3.05) is 13.6 Å². The van der Waals surface area contributed by atoms with Gasteiger partial charge < -0.3 is 4.90 Å². The Morgan fingerprint density at radius 1 is 1.12 bits per heavy atom. The highest BCUT2D eigenvalue weighted by Gasteiger charge is 2.20. The molecule has 0 heterocycles. The van der Waals surface area contributed by atoms with Crippen LogP contribution in [0, 0.1) is 5.92 Å². The number of hydrogen-bond donors (Lipinski definition) is 1. The average molecular weight is 383 g/mol. The van der Waals surface area contributed by atoms with Gasteiger partial charge in [0.2, 0.25) is 15.9 Å². The fourth-order valence-corrected chi connectivity index (χ4v) is 3.80. The molecule has 26 heavy (non-hydrogen) atoms. The maximum Gasteiger partial charge on any atom is 0.240 e. The van der Waals surface area contributed by atoms with E-state index in [9.17, 15) is 13.2 Å². The van der Waals surface area contributed by atoms with E-state index < -0.39 is 10.0 Å². The molecule has 1 amide bonds. The Balaban J connectivity index is 2.62. The van der Waals surface area contributed by atoms with Gasteiger partial charge in [0.15, 0.2) is 0 Å². The Hall–Kier alpha value is -1.40. The zero-order valence-corrected chi connectivity index (χ0v) is 18.0. The highest BCUT2D eigenvalue weighted by atomic mass is 32.2. The summed E-state index contributed by atoms with van der Waals surface area (Å²) in [5.41, 5.74) is 1.05. The molecule has 6 heteroatoms. The number of carbonyl (C=O) groups excluding carboxylic acids is 1. The number of carbonyl (C=O) groups is 1. The van der Waals surface area contributed by atoms with Crippen LogP contribution in [0.15, 0.2) is 29.2 Å². The van der Waals surface area contributed by atoms with Crippen molar-refractivity contribution in [3.8, 4) is 0 Å². The molecule has 0 spiro atoms. The number of nitrogens with one attached hydrogen (secondary N) is 1. The van der Waals surface area contributed by atoms with Crippen LogP contribution in [0.3, 0.4) is 0 Å². The van der Waals surface area contributed by atoms with Gasteiger partial charge in [-0.3, -0.25) is 4.79 Å². The van der Waals surface area contributed by atoms with E-state index in [1.54, 1.807) is 24.1 Å². The second-order valence-corrected chi connectivity index (χ2v) is 10.2. The summed E-state index contributed by atoms with van der Waals surface area (Å²) in [5.74, 6) is 0.457. The predicted octanol–water partition coefficient (Wildman–Crippen LogP) is 3.55. The zero-order valence-electron chi connectivity index (χ0n) is 17.2. The lowest BCUT2D eigenvalue weighted by Crippen LogP contribution is -2.38. The van der Waals surface area contributed by atoms with Crippen LogP contribution < -0.4 is 4.72 Å². The smallest absolute Gasteiger partial charge is 0.240 e. The van der Waals surface area contributed by atoms with Crippen LogP contribution in [0.25, 0.3) is 0 Å². The fraction of sp³-hybridized carbons (Fsp3) is 0.650. The van der Waals surface area contributed by atoms with Crippen molar-refractivity contribution in [3.63, 3.8) is 0 Å². The molecule has 0 bridgehead atoms. The van der Waals surface area contributed by atoms with Gasteiger partial charge in [-0.05, 0) is 42.4 Å². The van der Waals surface area contributed by atoms with E-state index in [1.165, 1.54) is 0 Å². The van der Waals surface area contributed by atoms with Gasteiger partial charge in [0.1, 0.15) is 0 Å². The van der Waals surface area contributed by atoms with Crippen molar-refractivity contribution in [3.05, 3.63) is 29.8 Å². The van der Waals surface area contributed by atoms with Gasteiger partial charge in [0.05, 0.1) is 4.90 Å². The molecule has 0 radical (unpaired) electrons. The molecule has 5 nitrogen and oxygen atoms in total. The highest BCUT2D eigenvalue weighted by Crippen LogP contribution is 2.23. The number of amides is 1. The van der Waals surface area contributed by atoms with Gasteiger partial charge in [-0.1, -0.05) is 46.8 Å². The largest absolute Gasteiger partial charge is 0.343 e. The van der Waals surface area contributed by atoms with E-state index >= 15 is 0 Å². The van der Waals surface area contributed by atoms with Crippen LogP contribution in [-0.2, 0) is 20.2 Å². The van der Waals surface area contributed by atoms with Crippen LogP contribution >= 0.6 is 0 Å². The van der Waals surface area contributed by atoms with Crippen molar-refractivity contribution < 1.29 is 13.2 Å². The number of benzene rings is 1. The standard InChI is InChI=1S/C20H34N2O3S/c1-15(2)14-16(3)22(7)19(23)12-13-21-26(24,25)18-10-8-17(9-11-18)20(4,5)6/h8-11,15-16,21H,12-14H2,1-7H3. The molecule has 0 aliphatic rings. The maximum absolute atomic E-state index is 12.4. The quantitative estimate of drug-likeness (QED) is 0.748. The van der Waals surface area contributed by atoms with E-state index in [-0.39, 0.29) is 35.2 Å². The van der Waals surface area contributed by atoms with E-state index in [0.29, 0.717) is 5.92 Å². The van der Waals surface area contributed by atoms with Gasteiger partial charge in [-0.25, -0.2) is 13.1 Å². The Morgan fingerprint density at radius 3 is 2.12 bits per heavy atom. The van der Waals surface area contributed by atoms with Crippen molar-refractivity contribution >= 4 is 15.9 Å². The SMILES string of the molecule is CC(C)CC(C)N(C)C(=O)CCNS(=O)(=O)c1ccc(C(C)(C)C)cc1. The Morgan fingerprint density at radius 2 is 1.65 bits per heavy atom. The Bertz CT molecular complexity index is 689. The minimum Gasteiger partial charge on any atom is -0.343 e. The summed E-state index contributed by atoms with van der Waals surface area (Å²) in [4.78, 5) is 14.2. The van der Waals surface area contributed by atoms with Crippen molar-refractivity contribution in [2.24, 2.45) is 5.92 Å². The van der Waals surface area contributed by atoms with Gasteiger partial charge >= 0.3 is 0 Å². The number of rotatable bonds is 8. The fourth-order valence-electron chi connectivity index (χ4n) is 2.77. The first-order chi connectivity index (χ1) is 11.8. The first-order valence-corrected chi connectivity index (χ1v) is 10.7. The van der Waals surface area contributed by atoms with Crippen LogP contribution in [-0.4, -0.2) is 38.9 Å². The first-order valence-electron chi connectivity index (χ1n) is 9.20. The molecule has 0 fully saturated rings. The number of nitrogens with zero attached hydrogens (tertiary/aromatic N) is 1. The van der Waals surface area contributed by atoms with Crippen molar-refractivity contribution in [1.82, 2.24) is 9.62 Å². The molecule has 1 N–H and O–H groups in total. The molecule has 0 aliphatic heterocycles. The molecule has 1 rings (SSSR count). The van der Waals surface area contributed by atoms with Crippen LogP contribution in [0.5, 0.6) is 0 Å². The third-order valence-corrected chi connectivity index (χ3v) is 6.01. The molecule has 1 atom stereocenters. The summed E-state index contributed by atoms with van der Waals surface area (Å²) in [7, 11) is -1.83.